The Kier molecular flexibility index (Phi) is 2.83. The van der Waals surface area contributed by atoms with Gasteiger partial charge in [0.05, 0.1) is 12.5 Å². The fourth-order valence-electron chi connectivity index (χ4n) is 0.970. The van der Waals surface area contributed by atoms with Crippen LogP contribution in [0.3, 0.4) is 0 Å². The number of nitrogens with two attached hydrogens (primary N) is 1. The smallest absolute Gasteiger partial charge is 0.165 e. The lowest BCUT2D eigenvalue weighted by molar-refractivity contribution is 0.431. The van der Waals surface area contributed by atoms with Crippen molar-refractivity contribution in [3.8, 4) is 11.8 Å². The van der Waals surface area contributed by atoms with E-state index in [-0.39, 0.29) is 6.42 Å². The standard InChI is InChI=1S/C9H9FN2O/c10-7-5-6(1-2-9(7)13)8(12)3-4-11/h1-2,5,8,13H,3,12H2/t8-/m1/s1. The van der Waals surface area contributed by atoms with E-state index in [1.165, 1.54) is 12.1 Å². The molecule has 1 rings (SSSR count). The highest BCUT2D eigenvalue weighted by atomic mass is 19.1. The van der Waals surface area contributed by atoms with Crippen molar-refractivity contribution >= 4 is 0 Å². The zero-order chi connectivity index (χ0) is 9.84. The second-order valence-electron chi connectivity index (χ2n) is 2.68. The Morgan fingerprint density at radius 2 is 2.31 bits per heavy atom. The number of benzene rings is 1. The van der Waals surface area contributed by atoms with Crippen LogP contribution in [0, 0.1) is 17.1 Å². The second kappa shape index (κ2) is 3.87. The molecule has 0 radical (unpaired) electrons. The molecule has 0 aliphatic carbocycles. The minimum Gasteiger partial charge on any atom is -0.505 e. The summed E-state index contributed by atoms with van der Waals surface area (Å²) in [6, 6.07) is 5.25. The van der Waals surface area contributed by atoms with Crippen LogP contribution < -0.4 is 5.73 Å². The van der Waals surface area contributed by atoms with Gasteiger partial charge in [0.15, 0.2) is 11.6 Å². The molecule has 0 amide bonds. The van der Waals surface area contributed by atoms with Gasteiger partial charge in [-0.3, -0.25) is 0 Å². The van der Waals surface area contributed by atoms with Gasteiger partial charge >= 0.3 is 0 Å². The molecule has 3 N–H and O–H groups in total. The summed E-state index contributed by atoms with van der Waals surface area (Å²) in [5, 5.41) is 17.2. The molecule has 13 heavy (non-hydrogen) atoms. The van der Waals surface area contributed by atoms with Gasteiger partial charge in [0, 0.05) is 6.04 Å². The zero-order valence-electron chi connectivity index (χ0n) is 6.87. The lowest BCUT2D eigenvalue weighted by Crippen LogP contribution is -2.09. The summed E-state index contributed by atoms with van der Waals surface area (Å²) < 4.78 is 12.8. The predicted octanol–water partition coefficient (Wildman–Crippen LogP) is 1.44. The minimum atomic E-state index is -0.717. The third-order valence-corrected chi connectivity index (χ3v) is 1.71. The van der Waals surface area contributed by atoms with E-state index < -0.39 is 17.6 Å². The van der Waals surface area contributed by atoms with Gasteiger partial charge in [0.1, 0.15) is 0 Å². The summed E-state index contributed by atoms with van der Waals surface area (Å²) in [5.74, 6) is -1.13. The van der Waals surface area contributed by atoms with E-state index >= 15 is 0 Å². The molecule has 68 valence electrons. The van der Waals surface area contributed by atoms with E-state index in [2.05, 4.69) is 0 Å². The van der Waals surface area contributed by atoms with Crippen molar-refractivity contribution in [3.05, 3.63) is 29.6 Å². The van der Waals surface area contributed by atoms with Crippen LogP contribution in [0.15, 0.2) is 18.2 Å². The number of nitriles is 1. The number of rotatable bonds is 2. The Labute approximate surface area is 75.2 Å². The summed E-state index contributed by atoms with van der Waals surface area (Å²) in [5.41, 5.74) is 6.06. The van der Waals surface area contributed by atoms with Crippen LogP contribution >= 0.6 is 0 Å². The molecule has 0 aliphatic rings. The van der Waals surface area contributed by atoms with Crippen molar-refractivity contribution in [2.75, 3.05) is 0 Å². The van der Waals surface area contributed by atoms with Crippen LogP contribution in [-0.2, 0) is 0 Å². The largest absolute Gasteiger partial charge is 0.505 e. The summed E-state index contributed by atoms with van der Waals surface area (Å²) >= 11 is 0. The lowest BCUT2D eigenvalue weighted by Gasteiger charge is -2.07. The number of nitrogens with zero attached hydrogens (tertiary/aromatic N) is 1. The molecule has 0 aromatic heterocycles. The van der Waals surface area contributed by atoms with Gasteiger partial charge in [-0.05, 0) is 17.7 Å². The van der Waals surface area contributed by atoms with Crippen LogP contribution in [-0.4, -0.2) is 5.11 Å². The molecule has 0 aliphatic heterocycles. The summed E-state index contributed by atoms with van der Waals surface area (Å²) in [6.45, 7) is 0. The maximum atomic E-state index is 12.8. The Morgan fingerprint density at radius 3 is 2.85 bits per heavy atom. The number of phenolic OH excluding ortho intramolecular Hbond substituents is 1. The molecule has 1 aromatic carbocycles. The maximum absolute atomic E-state index is 12.8. The van der Waals surface area contributed by atoms with E-state index in [0.717, 1.165) is 6.07 Å². The molecule has 0 heterocycles. The van der Waals surface area contributed by atoms with Crippen molar-refractivity contribution in [2.24, 2.45) is 5.73 Å². The summed E-state index contributed by atoms with van der Waals surface area (Å²) in [6.07, 6.45) is 0.129. The average Bonchev–Trinajstić information content (AvgIpc) is 2.10. The fraction of sp³-hybridized carbons (Fsp3) is 0.222. The van der Waals surface area contributed by atoms with E-state index in [1.54, 1.807) is 0 Å². The van der Waals surface area contributed by atoms with Crippen LogP contribution in [0.5, 0.6) is 5.75 Å². The molecule has 0 unspecified atom stereocenters. The topological polar surface area (TPSA) is 70.0 Å². The third kappa shape index (κ3) is 2.17. The second-order valence-corrected chi connectivity index (χ2v) is 2.68. The highest BCUT2D eigenvalue weighted by Gasteiger charge is 2.08. The Hall–Kier alpha value is -1.60. The molecule has 0 bridgehead atoms. The monoisotopic (exact) mass is 180 g/mol. The molecule has 0 spiro atoms. The van der Waals surface area contributed by atoms with E-state index in [4.69, 9.17) is 16.1 Å². The lowest BCUT2D eigenvalue weighted by atomic mass is 10.1. The first-order valence-electron chi connectivity index (χ1n) is 3.76. The zero-order valence-corrected chi connectivity index (χ0v) is 6.87. The SMILES string of the molecule is N#CC[C@@H](N)c1ccc(O)c(F)c1. The highest BCUT2D eigenvalue weighted by molar-refractivity contribution is 5.30. The molecule has 1 aromatic rings. The summed E-state index contributed by atoms with van der Waals surface area (Å²) in [4.78, 5) is 0. The van der Waals surface area contributed by atoms with Crippen molar-refractivity contribution < 1.29 is 9.50 Å². The van der Waals surface area contributed by atoms with Crippen LogP contribution in [0.2, 0.25) is 0 Å². The maximum Gasteiger partial charge on any atom is 0.165 e. The van der Waals surface area contributed by atoms with Gasteiger partial charge in [0.2, 0.25) is 0 Å². The van der Waals surface area contributed by atoms with Gasteiger partial charge in [-0.25, -0.2) is 4.39 Å². The predicted molar refractivity (Wildman–Crippen MR) is 45.2 cm³/mol. The number of phenols is 1. The summed E-state index contributed by atoms with van der Waals surface area (Å²) in [7, 11) is 0. The molecule has 1 atom stereocenters. The number of halogens is 1. The molecule has 0 saturated heterocycles. The number of hydrogen-bond donors (Lipinski definition) is 2. The van der Waals surface area contributed by atoms with Gasteiger partial charge in [-0.1, -0.05) is 6.07 Å². The highest BCUT2D eigenvalue weighted by Crippen LogP contribution is 2.20. The first kappa shape index (κ1) is 9.49. The molecule has 4 heteroatoms. The van der Waals surface area contributed by atoms with Crippen molar-refractivity contribution in [1.82, 2.24) is 0 Å². The molecular formula is C9H9FN2O. The quantitative estimate of drug-likeness (QED) is 0.723. The Morgan fingerprint density at radius 1 is 1.62 bits per heavy atom. The van der Waals surface area contributed by atoms with Crippen LogP contribution in [0.1, 0.15) is 18.0 Å². The number of aromatic hydroxyl groups is 1. The molecule has 0 saturated carbocycles. The molecular weight excluding hydrogens is 171 g/mol. The molecule has 3 nitrogen and oxygen atoms in total. The van der Waals surface area contributed by atoms with Gasteiger partial charge in [0.25, 0.3) is 0 Å². The third-order valence-electron chi connectivity index (χ3n) is 1.71. The molecule has 0 fully saturated rings. The average molecular weight is 180 g/mol. The minimum absolute atomic E-state index is 0.129. The Balaban J connectivity index is 2.91. The first-order chi connectivity index (χ1) is 6.15. The fourth-order valence-corrected chi connectivity index (χ4v) is 0.970. The van der Waals surface area contributed by atoms with Crippen molar-refractivity contribution in [2.45, 2.75) is 12.5 Å². The van der Waals surface area contributed by atoms with E-state index in [9.17, 15) is 4.39 Å². The van der Waals surface area contributed by atoms with Crippen LogP contribution in [0.25, 0.3) is 0 Å². The number of hydrogen-bond acceptors (Lipinski definition) is 3. The van der Waals surface area contributed by atoms with Gasteiger partial charge in [-0.15, -0.1) is 0 Å². The van der Waals surface area contributed by atoms with E-state index in [0.29, 0.717) is 5.56 Å². The van der Waals surface area contributed by atoms with E-state index in [1.807, 2.05) is 6.07 Å². The van der Waals surface area contributed by atoms with Crippen molar-refractivity contribution in [3.63, 3.8) is 0 Å². The van der Waals surface area contributed by atoms with Gasteiger partial charge in [-0.2, -0.15) is 5.26 Å². The van der Waals surface area contributed by atoms with Crippen molar-refractivity contribution in [1.29, 1.82) is 5.26 Å². The first-order valence-corrected chi connectivity index (χ1v) is 3.76. The Bertz CT molecular complexity index is 346. The van der Waals surface area contributed by atoms with Gasteiger partial charge < -0.3 is 10.8 Å². The van der Waals surface area contributed by atoms with Crippen LogP contribution in [0.4, 0.5) is 4.39 Å². The normalized spacial score (nSPS) is 12.1.